The summed E-state index contributed by atoms with van der Waals surface area (Å²) in [6.45, 7) is 0. The zero-order valence-corrected chi connectivity index (χ0v) is 36.3. The Morgan fingerprint density at radius 1 is 0.169 bits per heavy atom. The van der Waals surface area contributed by atoms with Crippen LogP contribution in [0.5, 0.6) is 0 Å². The van der Waals surface area contributed by atoms with Crippen molar-refractivity contribution < 1.29 is 0 Å². The van der Waals surface area contributed by atoms with Crippen molar-refractivity contribution in [3.8, 4) is 66.8 Å². The summed E-state index contributed by atoms with van der Waals surface area (Å²) < 4.78 is 2.60. The van der Waals surface area contributed by atoms with Crippen LogP contribution in [0.2, 0.25) is 0 Å². The molecule has 0 saturated heterocycles. The molecule has 0 fully saturated rings. The molecule has 0 radical (unpaired) electrons. The third-order valence-electron chi connectivity index (χ3n) is 13.4. The van der Waals surface area contributed by atoms with E-state index in [1.165, 1.54) is 130 Å². The molecule has 0 bridgehead atoms. The smallest absolute Gasteiger partial charge is 0.0361 e. The average Bonchev–Trinajstić information content (AvgIpc) is 3.75. The largest absolute Gasteiger partial charge is 0.135 e. The van der Waals surface area contributed by atoms with Gasteiger partial charge >= 0.3 is 0 Å². The summed E-state index contributed by atoms with van der Waals surface area (Å²) >= 11 is 1.89. The molecule has 1 aromatic heterocycles. The first-order valence-corrected chi connectivity index (χ1v) is 23.2. The molecule has 13 rings (SSSR count). The van der Waals surface area contributed by atoms with E-state index in [-0.39, 0.29) is 0 Å². The Morgan fingerprint density at radius 3 is 0.908 bits per heavy atom. The van der Waals surface area contributed by atoms with E-state index in [9.17, 15) is 0 Å². The van der Waals surface area contributed by atoms with Gasteiger partial charge in [-0.15, -0.1) is 11.3 Å². The fraction of sp³-hybridized carbons (Fsp3) is 0. The minimum absolute atomic E-state index is 1.22. The van der Waals surface area contributed by atoms with Gasteiger partial charge in [0.05, 0.1) is 0 Å². The summed E-state index contributed by atoms with van der Waals surface area (Å²) in [4.78, 5) is 0. The van der Waals surface area contributed by atoms with Gasteiger partial charge in [-0.2, -0.15) is 0 Å². The van der Waals surface area contributed by atoms with Crippen LogP contribution in [-0.2, 0) is 0 Å². The molecule has 13 aromatic rings. The van der Waals surface area contributed by atoms with Crippen molar-refractivity contribution in [3.63, 3.8) is 0 Å². The molecular formula is C64H40S. The van der Waals surface area contributed by atoms with Gasteiger partial charge in [-0.3, -0.25) is 0 Å². The molecule has 0 atom stereocenters. The Labute approximate surface area is 382 Å². The standard InChI is InChI=1S/C64H40S/c1-3-17-41(18-4-1)43-21-15-23-45(37-43)61-50-25-7-11-29-54(50)63(55-30-12-8-26-51(55)61)47-34-36-59-58(39-47)49-35-33-48(40-60(49)65-59)64-56-31-13-9-27-52(56)62(53-28-10-14-32-57(53)64)46-24-16-22-44(38-46)42-19-5-2-6-20-42/h1-40H. The predicted octanol–water partition coefficient (Wildman–Crippen LogP) is 18.7. The molecule has 1 heteroatoms. The van der Waals surface area contributed by atoms with Crippen LogP contribution in [0.1, 0.15) is 0 Å². The topological polar surface area (TPSA) is 0 Å². The molecule has 0 N–H and O–H groups in total. The van der Waals surface area contributed by atoms with Crippen LogP contribution in [0.25, 0.3) is 130 Å². The van der Waals surface area contributed by atoms with Gasteiger partial charge in [0.2, 0.25) is 0 Å². The molecule has 1 heterocycles. The highest BCUT2D eigenvalue weighted by Crippen LogP contribution is 2.48. The molecule has 65 heavy (non-hydrogen) atoms. The number of thiophene rings is 1. The first kappa shape index (κ1) is 37.5. The van der Waals surface area contributed by atoms with Crippen molar-refractivity contribution in [1.82, 2.24) is 0 Å². The molecule has 0 unspecified atom stereocenters. The summed E-state index contributed by atoms with van der Waals surface area (Å²) in [6.07, 6.45) is 0. The normalized spacial score (nSPS) is 11.7. The highest BCUT2D eigenvalue weighted by Gasteiger charge is 2.20. The lowest BCUT2D eigenvalue weighted by atomic mass is 9.85. The van der Waals surface area contributed by atoms with Gasteiger partial charge < -0.3 is 0 Å². The lowest BCUT2D eigenvalue weighted by Crippen LogP contribution is -1.91. The molecule has 302 valence electrons. The van der Waals surface area contributed by atoms with Gasteiger partial charge in [0.1, 0.15) is 0 Å². The highest BCUT2D eigenvalue weighted by atomic mass is 32.1. The monoisotopic (exact) mass is 840 g/mol. The Kier molecular flexibility index (Phi) is 8.82. The maximum atomic E-state index is 2.45. The Bertz CT molecular complexity index is 3870. The minimum Gasteiger partial charge on any atom is -0.135 e. The summed E-state index contributed by atoms with van der Waals surface area (Å²) in [5.74, 6) is 0. The quantitative estimate of drug-likeness (QED) is 0.146. The van der Waals surface area contributed by atoms with E-state index in [0.29, 0.717) is 0 Å². The molecule has 0 nitrogen and oxygen atoms in total. The van der Waals surface area contributed by atoms with Gasteiger partial charge in [0.15, 0.2) is 0 Å². The Balaban J connectivity index is 0.966. The first-order valence-electron chi connectivity index (χ1n) is 22.4. The van der Waals surface area contributed by atoms with Gasteiger partial charge in [0, 0.05) is 20.2 Å². The molecule has 0 aliphatic carbocycles. The number of rotatable bonds is 6. The number of benzene rings is 12. The highest BCUT2D eigenvalue weighted by molar-refractivity contribution is 7.25. The van der Waals surface area contributed by atoms with Crippen LogP contribution in [0.15, 0.2) is 243 Å². The molecule has 0 saturated carbocycles. The number of hydrogen-bond donors (Lipinski definition) is 0. The third-order valence-corrected chi connectivity index (χ3v) is 14.6. The summed E-state index contributed by atoms with van der Waals surface area (Å²) in [7, 11) is 0. The zero-order valence-electron chi connectivity index (χ0n) is 35.5. The lowest BCUT2D eigenvalue weighted by molar-refractivity contribution is 1.61. The van der Waals surface area contributed by atoms with E-state index >= 15 is 0 Å². The maximum absolute atomic E-state index is 2.45. The van der Waals surface area contributed by atoms with E-state index in [4.69, 9.17) is 0 Å². The molecular weight excluding hydrogens is 801 g/mol. The third kappa shape index (κ3) is 6.20. The predicted molar refractivity (Wildman–Crippen MR) is 282 cm³/mol. The van der Waals surface area contributed by atoms with Crippen LogP contribution in [0.3, 0.4) is 0 Å². The Hall–Kier alpha value is -8.10. The molecule has 0 aliphatic heterocycles. The fourth-order valence-corrected chi connectivity index (χ4v) is 11.7. The van der Waals surface area contributed by atoms with Crippen LogP contribution in [0, 0.1) is 0 Å². The average molecular weight is 841 g/mol. The number of fused-ring (bicyclic) bond motifs is 7. The first-order chi connectivity index (χ1) is 32.2. The molecule has 12 aromatic carbocycles. The van der Waals surface area contributed by atoms with Crippen molar-refractivity contribution in [2.45, 2.75) is 0 Å². The van der Waals surface area contributed by atoms with Crippen molar-refractivity contribution in [3.05, 3.63) is 243 Å². The van der Waals surface area contributed by atoms with E-state index in [0.717, 1.165) is 0 Å². The maximum Gasteiger partial charge on any atom is 0.0361 e. The van der Waals surface area contributed by atoms with E-state index < -0.39 is 0 Å². The molecule has 0 spiro atoms. The summed E-state index contributed by atoms with van der Waals surface area (Å²) in [5.41, 5.74) is 15.0. The van der Waals surface area contributed by atoms with E-state index in [2.05, 4.69) is 243 Å². The zero-order chi connectivity index (χ0) is 42.8. The van der Waals surface area contributed by atoms with Gasteiger partial charge in [-0.1, -0.05) is 212 Å². The molecule has 0 amide bonds. The van der Waals surface area contributed by atoms with Crippen molar-refractivity contribution in [2.24, 2.45) is 0 Å². The van der Waals surface area contributed by atoms with Gasteiger partial charge in [0.25, 0.3) is 0 Å². The van der Waals surface area contributed by atoms with Gasteiger partial charge in [-0.25, -0.2) is 0 Å². The second kappa shape index (κ2) is 15.3. The van der Waals surface area contributed by atoms with Crippen molar-refractivity contribution >= 4 is 74.6 Å². The summed E-state index contributed by atoms with van der Waals surface area (Å²) in [6, 6.07) is 89.7. The van der Waals surface area contributed by atoms with Gasteiger partial charge in [-0.05, 0) is 140 Å². The van der Waals surface area contributed by atoms with Crippen molar-refractivity contribution in [1.29, 1.82) is 0 Å². The van der Waals surface area contributed by atoms with E-state index in [1.807, 2.05) is 11.3 Å². The Morgan fingerprint density at radius 2 is 0.492 bits per heavy atom. The SMILES string of the molecule is c1ccc(-c2cccc(-c3c4ccccc4c(-c4ccc5c(c4)sc4ccc(-c6c7ccccc7c(-c7cccc(-c8ccccc8)c7)c7ccccc67)cc45)c4ccccc34)c2)cc1. The van der Waals surface area contributed by atoms with E-state index in [1.54, 1.807) is 0 Å². The lowest BCUT2D eigenvalue weighted by Gasteiger charge is -2.18. The van der Waals surface area contributed by atoms with Crippen molar-refractivity contribution in [2.75, 3.05) is 0 Å². The van der Waals surface area contributed by atoms with Crippen LogP contribution in [0.4, 0.5) is 0 Å². The summed E-state index contributed by atoms with van der Waals surface area (Å²) in [5, 5.41) is 12.7. The van der Waals surface area contributed by atoms with Crippen LogP contribution < -0.4 is 0 Å². The second-order valence-corrected chi connectivity index (χ2v) is 18.2. The number of hydrogen-bond acceptors (Lipinski definition) is 1. The second-order valence-electron chi connectivity index (χ2n) is 17.1. The minimum atomic E-state index is 1.22. The van der Waals surface area contributed by atoms with Crippen LogP contribution >= 0.6 is 11.3 Å². The fourth-order valence-electron chi connectivity index (χ4n) is 10.6. The molecule has 0 aliphatic rings. The van der Waals surface area contributed by atoms with Crippen LogP contribution in [-0.4, -0.2) is 0 Å².